The Hall–Kier alpha value is -0.810. The summed E-state index contributed by atoms with van der Waals surface area (Å²) in [4.78, 5) is 7.10. The Bertz CT molecular complexity index is 289. The van der Waals surface area contributed by atoms with E-state index in [0.29, 0.717) is 12.0 Å². The van der Waals surface area contributed by atoms with Crippen molar-refractivity contribution >= 4 is 5.96 Å². The molecule has 2 saturated heterocycles. The smallest absolute Gasteiger partial charge is 0.205 e. The number of nitrogens with one attached hydrogen (secondary N) is 2. The molecule has 5 heteroatoms. The highest BCUT2D eigenvalue weighted by molar-refractivity contribution is 5.79. The highest BCUT2D eigenvalue weighted by Gasteiger charge is 2.31. The van der Waals surface area contributed by atoms with E-state index in [9.17, 15) is 0 Å². The van der Waals surface area contributed by atoms with Crippen LogP contribution in [0.3, 0.4) is 0 Å². The lowest BCUT2D eigenvalue weighted by Gasteiger charge is -2.35. The summed E-state index contributed by atoms with van der Waals surface area (Å²) < 4.78 is 0. The Labute approximate surface area is 110 Å². The van der Waals surface area contributed by atoms with Crippen LogP contribution >= 0.6 is 0 Å². The summed E-state index contributed by atoms with van der Waals surface area (Å²) >= 11 is 0. The third-order valence-corrected chi connectivity index (χ3v) is 3.91. The number of hydrogen-bond acceptors (Lipinski definition) is 3. The fraction of sp³-hybridized carbons (Fsp3) is 0.923. The Morgan fingerprint density at radius 1 is 1.39 bits per heavy atom. The number of hydrazine groups is 1. The van der Waals surface area contributed by atoms with Gasteiger partial charge in [-0.25, -0.2) is 5.84 Å². The minimum atomic E-state index is 0.520. The second-order valence-electron chi connectivity index (χ2n) is 5.93. The number of rotatable bonds is 3. The Kier molecular flexibility index (Phi) is 4.83. The van der Waals surface area contributed by atoms with Crippen molar-refractivity contribution in [3.05, 3.63) is 0 Å². The van der Waals surface area contributed by atoms with Crippen molar-refractivity contribution in [2.45, 2.75) is 51.6 Å². The van der Waals surface area contributed by atoms with Gasteiger partial charge in [-0.1, -0.05) is 13.8 Å². The van der Waals surface area contributed by atoms with Crippen LogP contribution in [0.2, 0.25) is 0 Å². The molecule has 18 heavy (non-hydrogen) atoms. The molecule has 5 nitrogen and oxygen atoms in total. The summed E-state index contributed by atoms with van der Waals surface area (Å²) in [6.45, 7) is 7.64. The van der Waals surface area contributed by atoms with E-state index in [2.05, 4.69) is 34.5 Å². The van der Waals surface area contributed by atoms with Gasteiger partial charge in [0.2, 0.25) is 5.96 Å². The first-order valence-corrected chi connectivity index (χ1v) is 7.20. The van der Waals surface area contributed by atoms with Crippen molar-refractivity contribution < 1.29 is 0 Å². The van der Waals surface area contributed by atoms with E-state index in [4.69, 9.17) is 5.84 Å². The molecule has 0 bridgehead atoms. The van der Waals surface area contributed by atoms with Crippen LogP contribution in [0, 0.1) is 5.92 Å². The number of piperidine rings is 1. The zero-order valence-electron chi connectivity index (χ0n) is 11.7. The predicted octanol–water partition coefficient (Wildman–Crippen LogP) is 0.678. The molecule has 0 saturated carbocycles. The number of fused-ring (bicyclic) bond motifs is 1. The topological polar surface area (TPSA) is 65.7 Å². The molecule has 2 unspecified atom stereocenters. The van der Waals surface area contributed by atoms with Gasteiger partial charge in [-0.05, 0) is 38.1 Å². The molecule has 0 amide bonds. The summed E-state index contributed by atoms with van der Waals surface area (Å²) in [6.07, 6.45) is 5.13. The number of guanidine groups is 1. The van der Waals surface area contributed by atoms with Gasteiger partial charge in [0, 0.05) is 25.2 Å². The summed E-state index contributed by atoms with van der Waals surface area (Å²) in [5.74, 6) is 6.84. The maximum atomic E-state index is 5.53. The molecular weight excluding hydrogens is 226 g/mol. The monoisotopic (exact) mass is 253 g/mol. The average Bonchev–Trinajstić information content (AvgIpc) is 2.81. The van der Waals surface area contributed by atoms with Crippen LogP contribution in [0.1, 0.15) is 39.5 Å². The molecule has 2 aliphatic heterocycles. The molecule has 2 heterocycles. The molecule has 0 radical (unpaired) electrons. The van der Waals surface area contributed by atoms with E-state index < -0.39 is 0 Å². The van der Waals surface area contributed by atoms with Gasteiger partial charge in [0.1, 0.15) is 0 Å². The molecule has 2 atom stereocenters. The molecule has 4 N–H and O–H groups in total. The summed E-state index contributed by atoms with van der Waals surface area (Å²) in [5.41, 5.74) is 2.69. The first-order valence-electron chi connectivity index (χ1n) is 7.20. The molecule has 2 aliphatic rings. The minimum absolute atomic E-state index is 0.520. The molecule has 0 aromatic carbocycles. The fourth-order valence-corrected chi connectivity index (χ4v) is 2.96. The van der Waals surface area contributed by atoms with Crippen LogP contribution in [-0.2, 0) is 0 Å². The van der Waals surface area contributed by atoms with Crippen LogP contribution in [0.25, 0.3) is 0 Å². The lowest BCUT2D eigenvalue weighted by molar-refractivity contribution is 0.175. The van der Waals surface area contributed by atoms with E-state index in [1.807, 2.05) is 0 Å². The normalized spacial score (nSPS) is 29.4. The molecule has 2 fully saturated rings. The molecule has 2 rings (SSSR count). The van der Waals surface area contributed by atoms with Crippen molar-refractivity contribution in [2.75, 3.05) is 19.6 Å². The zero-order chi connectivity index (χ0) is 13.0. The van der Waals surface area contributed by atoms with Crippen LogP contribution in [0.5, 0.6) is 0 Å². The second-order valence-corrected chi connectivity index (χ2v) is 5.93. The van der Waals surface area contributed by atoms with E-state index in [0.717, 1.165) is 18.5 Å². The number of nitrogens with zero attached hydrogens (tertiary/aromatic N) is 2. The van der Waals surface area contributed by atoms with Crippen LogP contribution < -0.4 is 16.6 Å². The fourth-order valence-electron chi connectivity index (χ4n) is 2.96. The Balaban J connectivity index is 1.82. The third kappa shape index (κ3) is 3.59. The van der Waals surface area contributed by atoms with Crippen molar-refractivity contribution in [1.29, 1.82) is 0 Å². The molecule has 0 aromatic heterocycles. The van der Waals surface area contributed by atoms with Crippen molar-refractivity contribution in [2.24, 2.45) is 16.8 Å². The van der Waals surface area contributed by atoms with Gasteiger partial charge in [0.15, 0.2) is 0 Å². The molecule has 0 spiro atoms. The molecule has 0 aromatic rings. The predicted molar refractivity (Wildman–Crippen MR) is 75.2 cm³/mol. The van der Waals surface area contributed by atoms with Gasteiger partial charge in [-0.3, -0.25) is 10.4 Å². The van der Waals surface area contributed by atoms with E-state index in [-0.39, 0.29) is 0 Å². The third-order valence-electron chi connectivity index (χ3n) is 3.91. The maximum absolute atomic E-state index is 5.53. The van der Waals surface area contributed by atoms with Crippen molar-refractivity contribution in [3.8, 4) is 0 Å². The summed E-state index contributed by atoms with van der Waals surface area (Å²) in [5, 5.41) is 3.46. The second kappa shape index (κ2) is 6.38. The van der Waals surface area contributed by atoms with Gasteiger partial charge in [-0.2, -0.15) is 0 Å². The summed E-state index contributed by atoms with van der Waals surface area (Å²) in [7, 11) is 0. The van der Waals surface area contributed by atoms with Crippen LogP contribution in [-0.4, -0.2) is 42.6 Å². The number of nitrogens with two attached hydrogens (primary N) is 1. The number of hydrogen-bond donors (Lipinski definition) is 3. The van der Waals surface area contributed by atoms with Crippen LogP contribution in [0.15, 0.2) is 4.99 Å². The average molecular weight is 253 g/mol. The van der Waals surface area contributed by atoms with E-state index >= 15 is 0 Å². The van der Waals surface area contributed by atoms with Crippen molar-refractivity contribution in [1.82, 2.24) is 15.6 Å². The maximum Gasteiger partial charge on any atom is 0.205 e. The molecule has 104 valence electrons. The minimum Gasteiger partial charge on any atom is -0.352 e. The largest absolute Gasteiger partial charge is 0.352 e. The Morgan fingerprint density at radius 2 is 2.22 bits per heavy atom. The van der Waals surface area contributed by atoms with Gasteiger partial charge < -0.3 is 10.2 Å². The quantitative estimate of drug-likeness (QED) is 0.299. The van der Waals surface area contributed by atoms with Gasteiger partial charge >= 0.3 is 0 Å². The summed E-state index contributed by atoms with van der Waals surface area (Å²) in [6, 6.07) is 1.30. The van der Waals surface area contributed by atoms with Gasteiger partial charge in [0.05, 0.1) is 0 Å². The standard InChI is InChI=1S/C13H27N5/c1-10(2)9-15-13(17-14)16-11-5-7-18-6-3-4-12(18)8-11/h10-12H,3-9,14H2,1-2H3,(H2,15,16,17). The van der Waals surface area contributed by atoms with Gasteiger partial charge in [0.25, 0.3) is 0 Å². The van der Waals surface area contributed by atoms with E-state index in [1.54, 1.807) is 0 Å². The first-order chi connectivity index (χ1) is 8.69. The molecular formula is C13H27N5. The highest BCUT2D eigenvalue weighted by atomic mass is 15.3. The lowest BCUT2D eigenvalue weighted by Crippen LogP contribution is -2.52. The van der Waals surface area contributed by atoms with E-state index in [1.165, 1.54) is 38.8 Å². The highest BCUT2D eigenvalue weighted by Crippen LogP contribution is 2.26. The number of aliphatic imine (C=N–C) groups is 1. The van der Waals surface area contributed by atoms with Crippen molar-refractivity contribution in [3.63, 3.8) is 0 Å². The lowest BCUT2D eigenvalue weighted by atomic mass is 9.98. The van der Waals surface area contributed by atoms with Gasteiger partial charge in [-0.15, -0.1) is 0 Å². The first kappa shape index (κ1) is 13.6. The van der Waals surface area contributed by atoms with Crippen LogP contribution in [0.4, 0.5) is 0 Å². The Morgan fingerprint density at radius 3 is 2.94 bits per heavy atom. The molecule has 0 aliphatic carbocycles. The SMILES string of the molecule is CC(C)CN=C(NN)NC1CCN2CCCC2C1. The zero-order valence-corrected chi connectivity index (χ0v) is 11.7.